The van der Waals surface area contributed by atoms with E-state index < -0.39 is 0 Å². The number of rotatable bonds is 3. The van der Waals surface area contributed by atoms with Gasteiger partial charge < -0.3 is 9.47 Å². The zero-order valence-corrected chi connectivity index (χ0v) is 17.4. The Balaban J connectivity index is 2.28. The van der Waals surface area contributed by atoms with E-state index in [4.69, 9.17) is 9.47 Å². The van der Waals surface area contributed by atoms with Crippen molar-refractivity contribution < 1.29 is 14.0 Å². The summed E-state index contributed by atoms with van der Waals surface area (Å²) in [6.07, 6.45) is 0. The number of fused-ring (bicyclic) bond motifs is 2. The SMILES string of the molecule is COc1ccc2c(c1)c(-c1c(C)cc(C)cc1C)c1cc(OC)ccc1[n+]2C. The first-order valence-electron chi connectivity index (χ1n) is 9.50. The number of benzene rings is 3. The molecular formula is C25H26NO2+. The minimum atomic E-state index is 0.860. The summed E-state index contributed by atoms with van der Waals surface area (Å²) in [5.74, 6) is 1.72. The fraction of sp³-hybridized carbons (Fsp3) is 0.240. The molecule has 1 aromatic heterocycles. The van der Waals surface area contributed by atoms with Crippen LogP contribution >= 0.6 is 0 Å². The lowest BCUT2D eigenvalue weighted by molar-refractivity contribution is -0.617. The topological polar surface area (TPSA) is 22.3 Å². The van der Waals surface area contributed by atoms with Gasteiger partial charge in [-0.3, -0.25) is 0 Å². The van der Waals surface area contributed by atoms with Crippen LogP contribution in [0.5, 0.6) is 11.5 Å². The zero-order chi connectivity index (χ0) is 20.0. The lowest BCUT2D eigenvalue weighted by Crippen LogP contribution is -2.30. The Morgan fingerprint density at radius 3 is 1.54 bits per heavy atom. The second kappa shape index (κ2) is 6.83. The van der Waals surface area contributed by atoms with E-state index in [2.05, 4.69) is 68.8 Å². The maximum Gasteiger partial charge on any atom is 0.213 e. The Morgan fingerprint density at radius 2 is 1.11 bits per heavy atom. The minimum Gasteiger partial charge on any atom is -0.497 e. The highest BCUT2D eigenvalue weighted by atomic mass is 16.5. The molecule has 0 fully saturated rings. The molecule has 0 radical (unpaired) electrons. The van der Waals surface area contributed by atoms with Crippen LogP contribution in [0.2, 0.25) is 0 Å². The van der Waals surface area contributed by atoms with Crippen LogP contribution in [0.15, 0.2) is 48.5 Å². The Bertz CT molecular complexity index is 1140. The molecule has 0 bridgehead atoms. The molecule has 28 heavy (non-hydrogen) atoms. The van der Waals surface area contributed by atoms with E-state index in [-0.39, 0.29) is 0 Å². The van der Waals surface area contributed by atoms with E-state index in [9.17, 15) is 0 Å². The van der Waals surface area contributed by atoms with Crippen molar-refractivity contribution in [3.05, 3.63) is 65.2 Å². The van der Waals surface area contributed by atoms with Gasteiger partial charge in [0.2, 0.25) is 11.0 Å². The Hall–Kier alpha value is -3.07. The van der Waals surface area contributed by atoms with Gasteiger partial charge in [-0.1, -0.05) is 17.7 Å². The largest absolute Gasteiger partial charge is 0.497 e. The average molecular weight is 372 g/mol. The Labute approximate surface area is 166 Å². The number of aryl methyl sites for hydroxylation is 4. The zero-order valence-electron chi connectivity index (χ0n) is 17.4. The highest BCUT2D eigenvalue weighted by Gasteiger charge is 2.22. The summed E-state index contributed by atoms with van der Waals surface area (Å²) in [6, 6.07) is 17.1. The van der Waals surface area contributed by atoms with Crippen molar-refractivity contribution in [1.82, 2.24) is 0 Å². The number of aromatic nitrogens is 1. The Morgan fingerprint density at radius 1 is 0.643 bits per heavy atom. The van der Waals surface area contributed by atoms with Crippen LogP contribution in [0.1, 0.15) is 16.7 Å². The normalized spacial score (nSPS) is 11.2. The second-order valence-electron chi connectivity index (χ2n) is 7.47. The third kappa shape index (κ3) is 2.78. The van der Waals surface area contributed by atoms with E-state index in [0.29, 0.717) is 0 Å². The molecule has 0 amide bonds. The molecule has 4 rings (SSSR count). The highest BCUT2D eigenvalue weighted by molar-refractivity contribution is 6.09. The van der Waals surface area contributed by atoms with Gasteiger partial charge in [0.15, 0.2) is 0 Å². The quantitative estimate of drug-likeness (QED) is 0.354. The van der Waals surface area contributed by atoms with E-state index in [1.807, 2.05) is 12.1 Å². The molecule has 0 unspecified atom stereocenters. The van der Waals surface area contributed by atoms with Gasteiger partial charge in [0, 0.05) is 17.7 Å². The van der Waals surface area contributed by atoms with Crippen LogP contribution in [0.4, 0.5) is 0 Å². The van der Waals surface area contributed by atoms with Crippen molar-refractivity contribution >= 4 is 21.8 Å². The molecule has 0 N–H and O–H groups in total. The lowest BCUT2D eigenvalue weighted by atomic mass is 9.88. The molecular weight excluding hydrogens is 346 g/mol. The molecule has 0 spiro atoms. The molecule has 3 nitrogen and oxygen atoms in total. The van der Waals surface area contributed by atoms with Crippen molar-refractivity contribution in [2.45, 2.75) is 20.8 Å². The summed E-state index contributed by atoms with van der Waals surface area (Å²) in [7, 11) is 5.54. The number of nitrogens with zero attached hydrogens (tertiary/aromatic N) is 1. The number of hydrogen-bond donors (Lipinski definition) is 0. The summed E-state index contributed by atoms with van der Waals surface area (Å²) in [5, 5.41) is 2.36. The van der Waals surface area contributed by atoms with Gasteiger partial charge in [-0.05, 0) is 61.7 Å². The number of pyridine rings is 1. The number of ether oxygens (including phenoxy) is 2. The summed E-state index contributed by atoms with van der Waals surface area (Å²) < 4.78 is 13.4. The predicted molar refractivity (Wildman–Crippen MR) is 115 cm³/mol. The summed E-state index contributed by atoms with van der Waals surface area (Å²) in [5.41, 5.74) is 8.70. The number of hydrogen-bond acceptors (Lipinski definition) is 2. The fourth-order valence-electron chi connectivity index (χ4n) is 4.39. The predicted octanol–water partition coefficient (Wildman–Crippen LogP) is 5.43. The molecule has 0 aliphatic heterocycles. The molecule has 0 saturated heterocycles. The summed E-state index contributed by atoms with van der Waals surface area (Å²) in [6.45, 7) is 6.54. The van der Waals surface area contributed by atoms with Crippen LogP contribution in [0.3, 0.4) is 0 Å². The molecule has 0 aliphatic carbocycles. The van der Waals surface area contributed by atoms with Gasteiger partial charge in [0.25, 0.3) is 0 Å². The summed E-state index contributed by atoms with van der Waals surface area (Å²) in [4.78, 5) is 0. The lowest BCUT2D eigenvalue weighted by Gasteiger charge is -2.17. The van der Waals surface area contributed by atoms with Gasteiger partial charge in [-0.15, -0.1) is 0 Å². The molecule has 3 aromatic carbocycles. The van der Waals surface area contributed by atoms with Gasteiger partial charge in [-0.2, -0.15) is 4.57 Å². The monoisotopic (exact) mass is 372 g/mol. The second-order valence-corrected chi connectivity index (χ2v) is 7.47. The first-order valence-corrected chi connectivity index (χ1v) is 9.50. The van der Waals surface area contributed by atoms with Crippen molar-refractivity contribution in [2.24, 2.45) is 7.05 Å². The van der Waals surface area contributed by atoms with E-state index in [1.165, 1.54) is 49.6 Å². The van der Waals surface area contributed by atoms with Crippen LogP contribution in [0.25, 0.3) is 32.9 Å². The van der Waals surface area contributed by atoms with Gasteiger partial charge in [0.05, 0.1) is 25.0 Å². The van der Waals surface area contributed by atoms with Crippen molar-refractivity contribution in [1.29, 1.82) is 0 Å². The van der Waals surface area contributed by atoms with Crippen LogP contribution < -0.4 is 14.0 Å². The molecule has 3 heteroatoms. The average Bonchev–Trinajstić information content (AvgIpc) is 2.68. The third-order valence-corrected chi connectivity index (χ3v) is 5.60. The Kier molecular flexibility index (Phi) is 4.46. The molecule has 0 aliphatic rings. The van der Waals surface area contributed by atoms with E-state index in [0.717, 1.165) is 11.5 Å². The number of methoxy groups -OCH3 is 2. The molecule has 0 saturated carbocycles. The van der Waals surface area contributed by atoms with Crippen LogP contribution in [-0.2, 0) is 7.05 Å². The maximum absolute atomic E-state index is 5.56. The van der Waals surface area contributed by atoms with Gasteiger partial charge in [-0.25, -0.2) is 0 Å². The van der Waals surface area contributed by atoms with E-state index >= 15 is 0 Å². The smallest absolute Gasteiger partial charge is 0.213 e. The third-order valence-electron chi connectivity index (χ3n) is 5.60. The minimum absolute atomic E-state index is 0.860. The molecule has 0 atom stereocenters. The fourth-order valence-corrected chi connectivity index (χ4v) is 4.39. The van der Waals surface area contributed by atoms with Crippen LogP contribution in [0, 0.1) is 20.8 Å². The van der Waals surface area contributed by atoms with Crippen molar-refractivity contribution in [2.75, 3.05) is 14.2 Å². The van der Waals surface area contributed by atoms with Gasteiger partial charge in [0.1, 0.15) is 18.5 Å². The molecule has 1 heterocycles. The first-order chi connectivity index (χ1) is 13.4. The van der Waals surface area contributed by atoms with Gasteiger partial charge >= 0.3 is 0 Å². The summed E-state index contributed by atoms with van der Waals surface area (Å²) >= 11 is 0. The molecule has 142 valence electrons. The van der Waals surface area contributed by atoms with Crippen LogP contribution in [-0.4, -0.2) is 14.2 Å². The highest BCUT2D eigenvalue weighted by Crippen LogP contribution is 2.40. The first kappa shape index (κ1) is 18.3. The van der Waals surface area contributed by atoms with Crippen molar-refractivity contribution in [3.63, 3.8) is 0 Å². The van der Waals surface area contributed by atoms with Crippen molar-refractivity contribution in [3.8, 4) is 22.6 Å². The maximum atomic E-state index is 5.56. The molecule has 4 aromatic rings. The standard InChI is InChI=1S/C25H26NO2/c1-15-11-16(2)24(17(3)12-15)25-20-13-18(27-5)7-9-22(20)26(4)23-10-8-19(28-6)14-21(23)25/h7-14H,1-6H3/q+1. The van der Waals surface area contributed by atoms with E-state index in [1.54, 1.807) is 14.2 Å².